The molecule has 1 N–H and O–H groups in total. The Hall–Kier alpha value is -2.05. The summed E-state index contributed by atoms with van der Waals surface area (Å²) in [5.41, 5.74) is 3.68. The van der Waals surface area contributed by atoms with E-state index in [9.17, 15) is 8.42 Å². The lowest BCUT2D eigenvalue weighted by Crippen LogP contribution is -2.21. The lowest BCUT2D eigenvalue weighted by atomic mass is 10.2. The minimum Gasteiger partial charge on any atom is -0.241 e. The highest BCUT2D eigenvalue weighted by Crippen LogP contribution is 2.38. The second-order valence-corrected chi connectivity index (χ2v) is 7.44. The minimum atomic E-state index is -3.50. The van der Waals surface area contributed by atoms with Crippen LogP contribution >= 0.6 is 0 Å². The molecule has 0 bridgehead atoms. The fraction of sp³-hybridized carbons (Fsp3) is 0.294. The molecule has 1 aromatic carbocycles. The van der Waals surface area contributed by atoms with Crippen LogP contribution in [0.2, 0.25) is 0 Å². The third-order valence-corrected chi connectivity index (χ3v) is 4.75. The van der Waals surface area contributed by atoms with E-state index in [1.54, 1.807) is 6.08 Å². The van der Waals surface area contributed by atoms with E-state index in [0.29, 0.717) is 11.6 Å². The quantitative estimate of drug-likeness (QED) is 0.884. The Morgan fingerprint density at radius 3 is 2.65 bits per heavy atom. The third-order valence-electron chi connectivity index (χ3n) is 3.71. The molecule has 0 unspecified atom stereocenters. The zero-order chi connectivity index (χ0) is 16.3. The average molecular weight is 329 g/mol. The topological polar surface area (TPSA) is 72.0 Å². The Morgan fingerprint density at radius 2 is 1.96 bits per heavy atom. The normalized spacial score (nSPS) is 15.2. The molecule has 5 nitrogen and oxygen atoms in total. The van der Waals surface area contributed by atoms with Crippen LogP contribution in [0.1, 0.15) is 41.3 Å². The van der Waals surface area contributed by atoms with Gasteiger partial charge in [0, 0.05) is 17.0 Å². The predicted molar refractivity (Wildman–Crippen MR) is 90.0 cm³/mol. The van der Waals surface area contributed by atoms with Crippen LogP contribution < -0.4 is 4.72 Å². The number of aryl methyl sites for hydroxylation is 1. The molecule has 1 saturated carbocycles. The van der Waals surface area contributed by atoms with Crippen molar-refractivity contribution in [3.8, 4) is 0 Å². The van der Waals surface area contributed by atoms with Crippen molar-refractivity contribution in [3.63, 3.8) is 0 Å². The highest BCUT2D eigenvalue weighted by molar-refractivity contribution is 7.92. The van der Waals surface area contributed by atoms with Crippen molar-refractivity contribution < 1.29 is 8.42 Å². The molecule has 0 atom stereocenters. The molecule has 0 spiro atoms. The Kier molecular flexibility index (Phi) is 4.54. The minimum absolute atomic E-state index is 0.169. The van der Waals surface area contributed by atoms with Gasteiger partial charge in [-0.3, -0.25) is 0 Å². The Labute approximate surface area is 136 Å². The van der Waals surface area contributed by atoms with Gasteiger partial charge in [-0.1, -0.05) is 29.8 Å². The van der Waals surface area contributed by atoms with Gasteiger partial charge in [0.05, 0.1) is 12.2 Å². The van der Waals surface area contributed by atoms with Crippen LogP contribution in [-0.2, 0) is 16.6 Å². The molecule has 0 saturated heterocycles. The van der Waals surface area contributed by atoms with Gasteiger partial charge in [0.15, 0.2) is 0 Å². The summed E-state index contributed by atoms with van der Waals surface area (Å²) < 4.78 is 26.6. The fourth-order valence-electron chi connectivity index (χ4n) is 2.18. The maximum atomic E-state index is 12.0. The molecular weight excluding hydrogens is 310 g/mol. The molecule has 3 rings (SSSR count). The molecule has 1 aliphatic rings. The molecule has 0 aliphatic heterocycles. The van der Waals surface area contributed by atoms with Gasteiger partial charge in [0.2, 0.25) is 10.0 Å². The van der Waals surface area contributed by atoms with Gasteiger partial charge in [-0.25, -0.2) is 23.1 Å². The van der Waals surface area contributed by atoms with Crippen molar-refractivity contribution in [2.45, 2.75) is 32.2 Å². The summed E-state index contributed by atoms with van der Waals surface area (Å²) >= 11 is 0. The Bertz CT molecular complexity index is 810. The van der Waals surface area contributed by atoms with Gasteiger partial charge in [-0.05, 0) is 37.5 Å². The van der Waals surface area contributed by atoms with Gasteiger partial charge in [0.25, 0.3) is 0 Å². The number of hydrogen-bond donors (Lipinski definition) is 1. The Balaban J connectivity index is 1.62. The van der Waals surface area contributed by atoms with Crippen LogP contribution in [0.4, 0.5) is 0 Å². The summed E-state index contributed by atoms with van der Waals surface area (Å²) in [5.74, 6) is 0.523. The number of rotatable bonds is 6. The van der Waals surface area contributed by atoms with Crippen molar-refractivity contribution in [2.24, 2.45) is 0 Å². The van der Waals surface area contributed by atoms with Crippen LogP contribution in [0.3, 0.4) is 0 Å². The van der Waals surface area contributed by atoms with Gasteiger partial charge in [0.1, 0.15) is 6.33 Å². The molecule has 23 heavy (non-hydrogen) atoms. The average Bonchev–Trinajstić information content (AvgIpc) is 3.38. The lowest BCUT2D eigenvalue weighted by molar-refractivity contribution is 0.589. The number of sulfonamides is 1. The molecule has 2 aromatic rings. The summed E-state index contributed by atoms with van der Waals surface area (Å²) in [5, 5.41) is 1.18. The number of aromatic nitrogens is 2. The number of nitrogens with zero attached hydrogens (tertiary/aromatic N) is 2. The molecule has 0 amide bonds. The smallest absolute Gasteiger partial charge is 0.234 e. The first-order valence-electron chi connectivity index (χ1n) is 7.57. The van der Waals surface area contributed by atoms with Crippen molar-refractivity contribution in [2.75, 3.05) is 0 Å². The van der Waals surface area contributed by atoms with Gasteiger partial charge in [-0.2, -0.15) is 0 Å². The molecule has 120 valence electrons. The van der Waals surface area contributed by atoms with E-state index in [-0.39, 0.29) is 6.54 Å². The molecule has 1 aromatic heterocycles. The number of benzene rings is 1. The summed E-state index contributed by atoms with van der Waals surface area (Å²) in [6.45, 7) is 2.16. The molecule has 6 heteroatoms. The standard InChI is InChI=1S/C17H19N3O2S/c1-13-2-4-14(5-3-13)8-9-23(21,22)20-11-16-10-17(15-6-7-15)19-12-18-16/h2-5,8-10,12,15,20H,6-7,11H2,1H3/b9-8+. The molecule has 0 radical (unpaired) electrons. The summed E-state index contributed by atoms with van der Waals surface area (Å²) in [6, 6.07) is 9.53. The van der Waals surface area contributed by atoms with E-state index < -0.39 is 10.0 Å². The van der Waals surface area contributed by atoms with Crippen LogP contribution in [0.25, 0.3) is 6.08 Å². The van der Waals surface area contributed by atoms with Crippen LogP contribution in [-0.4, -0.2) is 18.4 Å². The highest BCUT2D eigenvalue weighted by atomic mass is 32.2. The monoisotopic (exact) mass is 329 g/mol. The van der Waals surface area contributed by atoms with E-state index >= 15 is 0 Å². The highest BCUT2D eigenvalue weighted by Gasteiger charge is 2.25. The second-order valence-electron chi connectivity index (χ2n) is 5.79. The summed E-state index contributed by atoms with van der Waals surface area (Å²) in [4.78, 5) is 8.35. The maximum Gasteiger partial charge on any atom is 0.234 e. The second kappa shape index (κ2) is 6.60. The van der Waals surface area contributed by atoms with Crippen LogP contribution in [0, 0.1) is 6.92 Å². The fourth-order valence-corrected chi connectivity index (χ4v) is 2.96. The van der Waals surface area contributed by atoms with E-state index in [4.69, 9.17) is 0 Å². The lowest BCUT2D eigenvalue weighted by Gasteiger charge is -2.04. The largest absolute Gasteiger partial charge is 0.241 e. The van der Waals surface area contributed by atoms with Gasteiger partial charge >= 0.3 is 0 Å². The first-order valence-corrected chi connectivity index (χ1v) is 9.12. The first kappa shape index (κ1) is 15.8. The third kappa shape index (κ3) is 4.71. The van der Waals surface area contributed by atoms with Gasteiger partial charge < -0.3 is 0 Å². The van der Waals surface area contributed by atoms with Crippen molar-refractivity contribution in [3.05, 3.63) is 64.6 Å². The SMILES string of the molecule is Cc1ccc(/C=C/S(=O)(=O)NCc2cc(C3CC3)ncn2)cc1. The van der Waals surface area contributed by atoms with Gasteiger partial charge in [-0.15, -0.1) is 0 Å². The number of nitrogens with one attached hydrogen (secondary N) is 1. The molecule has 1 aliphatic carbocycles. The van der Waals surface area contributed by atoms with Crippen LogP contribution in [0.5, 0.6) is 0 Å². The van der Waals surface area contributed by atoms with Crippen molar-refractivity contribution in [1.82, 2.24) is 14.7 Å². The van der Waals surface area contributed by atoms with Crippen molar-refractivity contribution in [1.29, 1.82) is 0 Å². The van der Waals surface area contributed by atoms with Crippen molar-refractivity contribution >= 4 is 16.1 Å². The zero-order valence-electron chi connectivity index (χ0n) is 12.9. The van der Waals surface area contributed by atoms with E-state index in [0.717, 1.165) is 29.7 Å². The van der Waals surface area contributed by atoms with Crippen LogP contribution in [0.15, 0.2) is 42.1 Å². The molecule has 1 fully saturated rings. The maximum absolute atomic E-state index is 12.0. The van der Waals surface area contributed by atoms with E-state index in [2.05, 4.69) is 14.7 Å². The summed E-state index contributed by atoms with van der Waals surface area (Å²) in [6.07, 6.45) is 5.39. The zero-order valence-corrected chi connectivity index (χ0v) is 13.8. The molecular formula is C17H19N3O2S. The molecule has 1 heterocycles. The predicted octanol–water partition coefficient (Wildman–Crippen LogP) is 2.75. The van der Waals surface area contributed by atoms with E-state index in [1.165, 1.54) is 11.7 Å². The summed E-state index contributed by atoms with van der Waals surface area (Å²) in [7, 11) is -3.50. The first-order chi connectivity index (χ1) is 11.0. The Morgan fingerprint density at radius 1 is 1.22 bits per heavy atom. The van der Waals surface area contributed by atoms with E-state index in [1.807, 2.05) is 37.3 Å². The number of hydrogen-bond acceptors (Lipinski definition) is 4.